The maximum absolute atomic E-state index is 14.0. The van der Waals surface area contributed by atoms with Crippen molar-refractivity contribution in [3.05, 3.63) is 47.7 Å². The Morgan fingerprint density at radius 2 is 1.72 bits per heavy atom. The van der Waals surface area contributed by atoms with E-state index >= 15 is 0 Å². The molecule has 1 aromatic rings. The highest BCUT2D eigenvalue weighted by Gasteiger charge is 2.50. The summed E-state index contributed by atoms with van der Waals surface area (Å²) in [5, 5.41) is 0. The van der Waals surface area contributed by atoms with Crippen molar-refractivity contribution in [1.82, 2.24) is 0 Å². The molecule has 25 heavy (non-hydrogen) atoms. The molecule has 0 unspecified atom stereocenters. The molecular formula is C19H26BFO4. The molecule has 0 saturated carbocycles. The Kier molecular flexibility index (Phi) is 6.41. The summed E-state index contributed by atoms with van der Waals surface area (Å²) in [4.78, 5) is 11.7. The fourth-order valence-corrected chi connectivity index (χ4v) is 2.40. The summed E-state index contributed by atoms with van der Waals surface area (Å²) in [6, 6.07) is 9.46. The largest absolute Gasteiger partial charge is 0.489 e. The molecule has 4 nitrogen and oxygen atoms in total. The molecule has 1 aliphatic heterocycles. The van der Waals surface area contributed by atoms with Crippen LogP contribution < -0.4 is 0 Å². The lowest BCUT2D eigenvalue weighted by Crippen LogP contribution is -2.41. The molecule has 0 aliphatic carbocycles. The minimum atomic E-state index is -0.699. The number of hydrogen-bond donors (Lipinski definition) is 0. The third-order valence-corrected chi connectivity index (χ3v) is 4.63. The topological polar surface area (TPSA) is 44.8 Å². The fourth-order valence-electron chi connectivity index (χ4n) is 2.40. The second-order valence-electron chi connectivity index (χ2n) is 7.24. The average molecular weight is 348 g/mol. The summed E-state index contributed by atoms with van der Waals surface area (Å²) >= 11 is 0. The van der Waals surface area contributed by atoms with E-state index in [4.69, 9.17) is 14.0 Å². The zero-order chi connectivity index (χ0) is 18.5. The van der Waals surface area contributed by atoms with Gasteiger partial charge in [-0.1, -0.05) is 30.3 Å². The first kappa shape index (κ1) is 19.7. The average Bonchev–Trinajstić information content (AvgIpc) is 2.73. The third kappa shape index (κ3) is 5.68. The van der Waals surface area contributed by atoms with Crippen LogP contribution in [0.25, 0.3) is 0 Å². The highest BCUT2D eigenvalue weighted by atomic mass is 19.1. The molecule has 1 saturated heterocycles. The molecule has 0 aromatic heterocycles. The van der Waals surface area contributed by atoms with Gasteiger partial charge in [0.25, 0.3) is 0 Å². The number of carbonyl (C=O) groups is 1. The Labute approximate surface area is 149 Å². The predicted molar refractivity (Wildman–Crippen MR) is 95.4 cm³/mol. The second-order valence-corrected chi connectivity index (χ2v) is 7.24. The smallest absolute Gasteiger partial charge is 0.461 e. The molecule has 1 fully saturated rings. The highest BCUT2D eigenvalue weighted by molar-refractivity contribution is 6.51. The Bertz CT molecular complexity index is 597. The summed E-state index contributed by atoms with van der Waals surface area (Å²) < 4.78 is 30.6. The third-order valence-electron chi connectivity index (χ3n) is 4.63. The molecule has 1 aliphatic rings. The molecule has 0 atom stereocenters. The standard InChI is InChI=1S/C19H26BFO4/c1-18(2)19(3,4)25-20(24-18)13-16(21)11-8-12-17(22)23-14-15-9-6-5-7-10-15/h5-7,9-10,13H,8,11-12,14H2,1-4H3/b16-13-. The fraction of sp³-hybridized carbons (Fsp3) is 0.526. The Hall–Kier alpha value is -1.66. The van der Waals surface area contributed by atoms with Crippen molar-refractivity contribution in [3.8, 4) is 0 Å². The van der Waals surface area contributed by atoms with Gasteiger partial charge in [-0.2, -0.15) is 0 Å². The van der Waals surface area contributed by atoms with E-state index in [2.05, 4.69) is 0 Å². The molecule has 136 valence electrons. The van der Waals surface area contributed by atoms with Gasteiger partial charge in [-0.3, -0.25) is 4.79 Å². The van der Waals surface area contributed by atoms with Crippen molar-refractivity contribution in [2.45, 2.75) is 64.8 Å². The van der Waals surface area contributed by atoms with Gasteiger partial charge in [-0.25, -0.2) is 4.39 Å². The first-order valence-corrected chi connectivity index (χ1v) is 8.61. The number of carbonyl (C=O) groups excluding carboxylic acids is 1. The zero-order valence-corrected chi connectivity index (χ0v) is 15.4. The summed E-state index contributed by atoms with van der Waals surface area (Å²) in [7, 11) is -0.699. The van der Waals surface area contributed by atoms with Crippen molar-refractivity contribution in [3.63, 3.8) is 0 Å². The van der Waals surface area contributed by atoms with Gasteiger partial charge in [0.05, 0.1) is 17.0 Å². The van der Waals surface area contributed by atoms with E-state index in [1.54, 1.807) is 0 Å². The zero-order valence-electron chi connectivity index (χ0n) is 15.4. The molecule has 0 N–H and O–H groups in total. The molecule has 1 heterocycles. The van der Waals surface area contributed by atoms with Gasteiger partial charge in [0.1, 0.15) is 6.61 Å². The second kappa shape index (κ2) is 8.15. The minimum Gasteiger partial charge on any atom is -0.461 e. The van der Waals surface area contributed by atoms with Gasteiger partial charge in [0.2, 0.25) is 0 Å². The Morgan fingerprint density at radius 3 is 2.32 bits per heavy atom. The molecule has 1 aromatic carbocycles. The van der Waals surface area contributed by atoms with Crippen molar-refractivity contribution in [2.24, 2.45) is 0 Å². The van der Waals surface area contributed by atoms with Crippen LogP contribution in [-0.2, 0) is 25.4 Å². The summed E-state index contributed by atoms with van der Waals surface area (Å²) in [6.45, 7) is 7.91. The maximum Gasteiger partial charge on any atom is 0.489 e. The van der Waals surface area contributed by atoms with Gasteiger partial charge in [0, 0.05) is 6.42 Å². The van der Waals surface area contributed by atoms with E-state index in [-0.39, 0.29) is 31.2 Å². The highest BCUT2D eigenvalue weighted by Crippen LogP contribution is 2.37. The number of halogens is 1. The van der Waals surface area contributed by atoms with Crippen LogP contribution >= 0.6 is 0 Å². The van der Waals surface area contributed by atoms with Crippen LogP contribution in [0.4, 0.5) is 4.39 Å². The number of hydrogen-bond acceptors (Lipinski definition) is 4. The molecule has 2 rings (SSSR count). The van der Waals surface area contributed by atoms with Crippen molar-refractivity contribution in [1.29, 1.82) is 0 Å². The summed E-state index contributed by atoms with van der Waals surface area (Å²) in [6.07, 6.45) is 0.720. The number of benzene rings is 1. The normalized spacial score (nSPS) is 19.1. The van der Waals surface area contributed by atoms with Crippen LogP contribution in [0.3, 0.4) is 0 Å². The Balaban J connectivity index is 1.70. The SMILES string of the molecule is CC1(C)OB(/C=C(\F)CCCC(=O)OCc2ccccc2)OC1(C)C. The van der Waals surface area contributed by atoms with Gasteiger partial charge < -0.3 is 14.0 Å². The Morgan fingerprint density at radius 1 is 1.12 bits per heavy atom. The van der Waals surface area contributed by atoms with E-state index in [0.29, 0.717) is 6.42 Å². The van der Waals surface area contributed by atoms with Crippen LogP contribution in [0.1, 0.15) is 52.5 Å². The molecule has 6 heteroatoms. The maximum atomic E-state index is 14.0. The van der Waals surface area contributed by atoms with Crippen LogP contribution in [0.15, 0.2) is 42.1 Å². The first-order chi connectivity index (χ1) is 11.7. The summed E-state index contributed by atoms with van der Waals surface area (Å²) in [5.74, 6) is 0.674. The predicted octanol–water partition coefficient (Wildman–Crippen LogP) is 4.38. The van der Waals surface area contributed by atoms with Gasteiger partial charge >= 0.3 is 13.1 Å². The van der Waals surface area contributed by atoms with E-state index in [1.165, 1.54) is 5.98 Å². The monoisotopic (exact) mass is 348 g/mol. The van der Waals surface area contributed by atoms with E-state index in [1.807, 2.05) is 58.0 Å². The molecule has 0 radical (unpaired) electrons. The molecule has 0 amide bonds. The minimum absolute atomic E-state index is 0.157. The van der Waals surface area contributed by atoms with Crippen molar-refractivity contribution >= 4 is 13.1 Å². The lowest BCUT2D eigenvalue weighted by atomic mass is 9.89. The van der Waals surface area contributed by atoms with E-state index in [9.17, 15) is 9.18 Å². The van der Waals surface area contributed by atoms with Crippen molar-refractivity contribution < 1.29 is 23.2 Å². The number of rotatable bonds is 7. The van der Waals surface area contributed by atoms with Crippen LogP contribution in [0.5, 0.6) is 0 Å². The lowest BCUT2D eigenvalue weighted by molar-refractivity contribution is -0.145. The molecule has 0 spiro atoms. The lowest BCUT2D eigenvalue weighted by Gasteiger charge is -2.32. The van der Waals surface area contributed by atoms with Crippen LogP contribution in [0, 0.1) is 0 Å². The molecular weight excluding hydrogens is 322 g/mol. The van der Waals surface area contributed by atoms with Gasteiger partial charge in [-0.05, 0) is 52.1 Å². The number of esters is 1. The number of allylic oxidation sites excluding steroid dienone is 1. The molecule has 0 bridgehead atoms. The van der Waals surface area contributed by atoms with E-state index in [0.717, 1.165) is 5.56 Å². The summed E-state index contributed by atoms with van der Waals surface area (Å²) in [5.41, 5.74) is -0.0477. The van der Waals surface area contributed by atoms with Crippen LogP contribution in [0.2, 0.25) is 0 Å². The van der Waals surface area contributed by atoms with E-state index < -0.39 is 18.3 Å². The van der Waals surface area contributed by atoms with Crippen LogP contribution in [-0.4, -0.2) is 24.3 Å². The van der Waals surface area contributed by atoms with Crippen molar-refractivity contribution in [2.75, 3.05) is 0 Å². The quantitative estimate of drug-likeness (QED) is 0.542. The number of ether oxygens (including phenoxy) is 1. The van der Waals surface area contributed by atoms with Gasteiger partial charge in [-0.15, -0.1) is 0 Å². The first-order valence-electron chi connectivity index (χ1n) is 8.61. The van der Waals surface area contributed by atoms with Gasteiger partial charge in [0.15, 0.2) is 0 Å².